The van der Waals surface area contributed by atoms with Crippen LogP contribution in [0.1, 0.15) is 15.9 Å². The monoisotopic (exact) mass is 255 g/mol. The van der Waals surface area contributed by atoms with Crippen molar-refractivity contribution in [2.45, 2.75) is 0 Å². The van der Waals surface area contributed by atoms with Crippen molar-refractivity contribution in [1.82, 2.24) is 0 Å². The van der Waals surface area contributed by atoms with E-state index in [1.807, 2.05) is 6.07 Å². The molecule has 0 bridgehead atoms. The fraction of sp³-hybridized carbons (Fsp3) is 0. The zero-order valence-corrected chi connectivity index (χ0v) is 9.85. The van der Waals surface area contributed by atoms with E-state index in [0.29, 0.717) is 11.3 Å². The molecule has 0 saturated heterocycles. The molecule has 0 atom stereocenters. The molecule has 0 aliphatic carbocycles. The zero-order chi connectivity index (χ0) is 13.8. The Bertz CT molecular complexity index is 659. The molecule has 94 valence electrons. The third-order valence-electron chi connectivity index (χ3n) is 2.53. The highest BCUT2D eigenvalue weighted by Gasteiger charge is 2.10. The molecule has 5 heteroatoms. The Morgan fingerprint density at radius 3 is 2.47 bits per heavy atom. The Hall–Kier alpha value is -2.87. The largest absolute Gasteiger partial charge is 0.398 e. The highest BCUT2D eigenvalue weighted by atomic mass is 19.1. The maximum atomic E-state index is 12.9. The molecule has 19 heavy (non-hydrogen) atoms. The number of carbonyl (C=O) groups is 1. The second-order valence-corrected chi connectivity index (χ2v) is 3.87. The van der Waals surface area contributed by atoms with Gasteiger partial charge in [-0.15, -0.1) is 0 Å². The van der Waals surface area contributed by atoms with E-state index in [0.717, 1.165) is 6.07 Å². The van der Waals surface area contributed by atoms with Gasteiger partial charge in [0, 0.05) is 11.4 Å². The number of nitrogens with zero attached hydrogens (tertiary/aromatic N) is 1. The Labute approximate surface area is 109 Å². The Morgan fingerprint density at radius 1 is 1.21 bits per heavy atom. The normalized spacial score (nSPS) is 9.68. The van der Waals surface area contributed by atoms with E-state index in [1.165, 1.54) is 12.1 Å². The molecule has 0 unspecified atom stereocenters. The van der Waals surface area contributed by atoms with Crippen LogP contribution in [-0.4, -0.2) is 5.91 Å². The van der Waals surface area contributed by atoms with Crippen LogP contribution < -0.4 is 11.1 Å². The highest BCUT2D eigenvalue weighted by molar-refractivity contribution is 6.07. The van der Waals surface area contributed by atoms with Gasteiger partial charge in [0.1, 0.15) is 5.82 Å². The third-order valence-corrected chi connectivity index (χ3v) is 2.53. The molecule has 4 nitrogen and oxygen atoms in total. The molecule has 3 N–H and O–H groups in total. The van der Waals surface area contributed by atoms with Crippen LogP contribution in [0.25, 0.3) is 0 Å². The lowest BCUT2D eigenvalue weighted by Crippen LogP contribution is -2.14. The van der Waals surface area contributed by atoms with E-state index >= 15 is 0 Å². The number of rotatable bonds is 2. The molecule has 2 rings (SSSR count). The minimum atomic E-state index is -0.493. The van der Waals surface area contributed by atoms with Gasteiger partial charge in [0.15, 0.2) is 0 Å². The zero-order valence-electron chi connectivity index (χ0n) is 9.85. The van der Waals surface area contributed by atoms with Gasteiger partial charge in [-0.2, -0.15) is 5.26 Å². The minimum absolute atomic E-state index is 0.0751. The maximum Gasteiger partial charge on any atom is 0.257 e. The summed E-state index contributed by atoms with van der Waals surface area (Å²) in [4.78, 5) is 11.9. The molecule has 0 aliphatic heterocycles. The third kappa shape index (κ3) is 2.87. The molecule has 0 heterocycles. The Morgan fingerprint density at radius 2 is 1.89 bits per heavy atom. The molecule has 0 radical (unpaired) electrons. The summed E-state index contributed by atoms with van der Waals surface area (Å²) in [5, 5.41) is 11.3. The standard InChI is InChI=1S/C14H10FN3O/c15-10-3-6-12(13(17)7-10)14(19)18-11-4-1-9(8-16)2-5-11/h1-7H,17H2,(H,18,19). The number of nitriles is 1. The number of nitrogens with one attached hydrogen (secondary N) is 1. The summed E-state index contributed by atoms with van der Waals surface area (Å²) in [7, 11) is 0. The van der Waals surface area contributed by atoms with Crippen LogP contribution in [0.3, 0.4) is 0 Å². The van der Waals surface area contributed by atoms with E-state index in [1.54, 1.807) is 24.3 Å². The predicted octanol–water partition coefficient (Wildman–Crippen LogP) is 2.53. The van der Waals surface area contributed by atoms with Gasteiger partial charge >= 0.3 is 0 Å². The lowest BCUT2D eigenvalue weighted by molar-refractivity contribution is 0.102. The fourth-order valence-corrected chi connectivity index (χ4v) is 1.57. The van der Waals surface area contributed by atoms with E-state index in [4.69, 9.17) is 11.0 Å². The summed E-state index contributed by atoms with van der Waals surface area (Å²) in [5.74, 6) is -0.922. The van der Waals surface area contributed by atoms with Crippen LogP contribution in [0.2, 0.25) is 0 Å². The molecule has 2 aromatic rings. The molecule has 0 spiro atoms. The molecule has 1 amide bonds. The van der Waals surface area contributed by atoms with Crippen LogP contribution in [0.15, 0.2) is 42.5 Å². The first-order chi connectivity index (χ1) is 9.10. The quantitative estimate of drug-likeness (QED) is 0.809. The van der Waals surface area contributed by atoms with Crippen molar-refractivity contribution >= 4 is 17.3 Å². The number of anilines is 2. The van der Waals surface area contributed by atoms with Crippen LogP contribution >= 0.6 is 0 Å². The number of nitrogens with two attached hydrogens (primary N) is 1. The van der Waals surface area contributed by atoms with E-state index in [2.05, 4.69) is 5.32 Å². The maximum absolute atomic E-state index is 12.9. The second kappa shape index (κ2) is 5.19. The van der Waals surface area contributed by atoms with Gasteiger partial charge in [-0.3, -0.25) is 4.79 Å². The van der Waals surface area contributed by atoms with E-state index < -0.39 is 11.7 Å². The van der Waals surface area contributed by atoms with Crippen molar-refractivity contribution in [3.05, 3.63) is 59.4 Å². The average molecular weight is 255 g/mol. The Kier molecular flexibility index (Phi) is 3.44. The number of hydrogen-bond acceptors (Lipinski definition) is 3. The number of carbonyl (C=O) groups excluding carboxylic acids is 1. The first-order valence-corrected chi connectivity index (χ1v) is 5.46. The smallest absolute Gasteiger partial charge is 0.257 e. The summed E-state index contributed by atoms with van der Waals surface area (Å²) in [5.41, 5.74) is 6.89. The molecule has 0 aromatic heterocycles. The Balaban J connectivity index is 2.18. The number of hydrogen-bond donors (Lipinski definition) is 2. The topological polar surface area (TPSA) is 78.9 Å². The van der Waals surface area contributed by atoms with Crippen LogP contribution in [0.4, 0.5) is 15.8 Å². The van der Waals surface area contributed by atoms with Crippen LogP contribution in [0, 0.1) is 17.1 Å². The van der Waals surface area contributed by atoms with Gasteiger partial charge in [0.25, 0.3) is 5.91 Å². The predicted molar refractivity (Wildman–Crippen MR) is 69.9 cm³/mol. The minimum Gasteiger partial charge on any atom is -0.398 e. The van der Waals surface area contributed by atoms with Crippen molar-refractivity contribution in [3.8, 4) is 6.07 Å². The number of nitrogen functional groups attached to an aromatic ring is 1. The molecular weight excluding hydrogens is 245 g/mol. The van der Waals surface area contributed by atoms with E-state index in [9.17, 15) is 9.18 Å². The summed E-state index contributed by atoms with van der Waals surface area (Å²) < 4.78 is 12.9. The summed E-state index contributed by atoms with van der Waals surface area (Å²) in [6.45, 7) is 0. The van der Waals surface area contributed by atoms with Gasteiger partial charge < -0.3 is 11.1 Å². The van der Waals surface area contributed by atoms with Crippen LogP contribution in [0.5, 0.6) is 0 Å². The second-order valence-electron chi connectivity index (χ2n) is 3.87. The SMILES string of the molecule is N#Cc1ccc(NC(=O)c2ccc(F)cc2N)cc1. The average Bonchev–Trinajstić information content (AvgIpc) is 2.39. The first-order valence-electron chi connectivity index (χ1n) is 5.46. The summed E-state index contributed by atoms with van der Waals surface area (Å²) in [6, 6.07) is 12.0. The molecule has 0 fully saturated rings. The van der Waals surface area contributed by atoms with Gasteiger partial charge in [-0.25, -0.2) is 4.39 Å². The summed E-state index contributed by atoms with van der Waals surface area (Å²) in [6.07, 6.45) is 0. The number of halogens is 1. The van der Waals surface area contributed by atoms with Gasteiger partial charge in [-0.05, 0) is 42.5 Å². The lowest BCUT2D eigenvalue weighted by atomic mass is 10.1. The van der Waals surface area contributed by atoms with E-state index in [-0.39, 0.29) is 11.3 Å². The lowest BCUT2D eigenvalue weighted by Gasteiger charge is -2.07. The van der Waals surface area contributed by atoms with Crippen LogP contribution in [-0.2, 0) is 0 Å². The summed E-state index contributed by atoms with van der Waals surface area (Å²) >= 11 is 0. The molecule has 0 aliphatic rings. The van der Waals surface area contributed by atoms with Crippen molar-refractivity contribution in [2.24, 2.45) is 0 Å². The van der Waals surface area contributed by atoms with Crippen molar-refractivity contribution in [3.63, 3.8) is 0 Å². The molecular formula is C14H10FN3O. The highest BCUT2D eigenvalue weighted by Crippen LogP contribution is 2.16. The van der Waals surface area contributed by atoms with Gasteiger partial charge in [-0.1, -0.05) is 0 Å². The van der Waals surface area contributed by atoms with Crippen molar-refractivity contribution in [1.29, 1.82) is 5.26 Å². The molecule has 0 saturated carbocycles. The molecule has 2 aromatic carbocycles. The van der Waals surface area contributed by atoms with Gasteiger partial charge in [0.05, 0.1) is 17.2 Å². The number of amides is 1. The van der Waals surface area contributed by atoms with Gasteiger partial charge in [0.2, 0.25) is 0 Å². The number of benzene rings is 2. The fourth-order valence-electron chi connectivity index (χ4n) is 1.57. The van der Waals surface area contributed by atoms with Crippen molar-refractivity contribution in [2.75, 3.05) is 11.1 Å². The first kappa shape index (κ1) is 12.6. The van der Waals surface area contributed by atoms with Crippen molar-refractivity contribution < 1.29 is 9.18 Å².